The average Bonchev–Trinajstić information content (AvgIpc) is 2.05. The lowest BCUT2D eigenvalue weighted by molar-refractivity contribution is 0.122. The first-order valence-corrected chi connectivity index (χ1v) is 5.05. The second-order valence-corrected chi connectivity index (χ2v) is 3.55. The number of rotatable bonds is 2. The summed E-state index contributed by atoms with van der Waals surface area (Å²) in [6, 6.07) is 0. The van der Waals surface area contributed by atoms with Crippen molar-refractivity contribution in [3.63, 3.8) is 0 Å². The summed E-state index contributed by atoms with van der Waals surface area (Å²) in [7, 11) is 0. The third kappa shape index (κ3) is 1.96. The van der Waals surface area contributed by atoms with Crippen LogP contribution in [-0.4, -0.2) is 22.9 Å². The van der Waals surface area contributed by atoms with Gasteiger partial charge >= 0.3 is 0 Å². The largest absolute Gasteiger partial charge is 0.393 e. The molecule has 1 heterocycles. The molecular weight excluding hydrogens is 245 g/mol. The van der Waals surface area contributed by atoms with Crippen molar-refractivity contribution in [2.24, 2.45) is 3.15 Å². The Hall–Kier alpha value is -0.0700. The summed E-state index contributed by atoms with van der Waals surface area (Å²) in [5.74, 6) is 0. The van der Waals surface area contributed by atoms with Gasteiger partial charge in [-0.05, 0) is 10.2 Å². The highest BCUT2D eigenvalue weighted by molar-refractivity contribution is 14.2. The van der Waals surface area contributed by atoms with E-state index in [2.05, 4.69) is 3.15 Å². The van der Waals surface area contributed by atoms with Gasteiger partial charge in [-0.25, -0.2) is 3.15 Å². The Bertz CT molecular complexity index is 198. The molecule has 0 saturated carbocycles. The summed E-state index contributed by atoms with van der Waals surface area (Å²) in [5.41, 5.74) is 0.609. The van der Waals surface area contributed by atoms with E-state index < -0.39 is 6.10 Å². The van der Waals surface area contributed by atoms with E-state index in [-0.39, 0.29) is 27.6 Å². The van der Waals surface area contributed by atoms with Crippen LogP contribution in [0.25, 0.3) is 0 Å². The van der Waals surface area contributed by atoms with Crippen molar-refractivity contribution in [2.75, 3.05) is 6.61 Å². The number of aliphatic hydroxyl groups is 2. The second-order valence-electron chi connectivity index (χ2n) is 1.79. The molecule has 0 aliphatic carbocycles. The summed E-state index contributed by atoms with van der Waals surface area (Å²) in [6.45, 7) is -0.243. The SMILES string of the molecule is OCC(O)C1=CC=CI=N1. The molecule has 1 aliphatic heterocycles. The molecule has 0 aromatic rings. The maximum absolute atomic E-state index is 9.05. The van der Waals surface area contributed by atoms with E-state index in [4.69, 9.17) is 10.2 Å². The summed E-state index contributed by atoms with van der Waals surface area (Å²) in [4.78, 5) is 0. The van der Waals surface area contributed by atoms with Gasteiger partial charge in [0.25, 0.3) is 0 Å². The Kier molecular flexibility index (Phi) is 3.17. The molecule has 0 radical (unpaired) electrons. The van der Waals surface area contributed by atoms with Crippen LogP contribution in [0.3, 0.4) is 0 Å². The minimum atomic E-state index is -0.787. The van der Waals surface area contributed by atoms with Gasteiger partial charge in [0.2, 0.25) is 0 Å². The van der Waals surface area contributed by atoms with Gasteiger partial charge in [0, 0.05) is 21.0 Å². The molecule has 0 amide bonds. The third-order valence-corrected chi connectivity index (χ3v) is 2.63. The number of hydrogen-bond acceptors (Lipinski definition) is 3. The lowest BCUT2D eigenvalue weighted by Gasteiger charge is -2.06. The van der Waals surface area contributed by atoms with Crippen LogP contribution in [-0.2, 0) is 0 Å². The second kappa shape index (κ2) is 3.95. The zero-order valence-electron chi connectivity index (χ0n) is 5.24. The lowest BCUT2D eigenvalue weighted by atomic mass is 10.2. The highest BCUT2D eigenvalue weighted by Crippen LogP contribution is 2.17. The number of allylic oxidation sites excluding steroid dienone is 2. The van der Waals surface area contributed by atoms with Crippen LogP contribution in [0.15, 0.2) is 25.1 Å². The maximum atomic E-state index is 9.05. The van der Waals surface area contributed by atoms with E-state index >= 15 is 0 Å². The van der Waals surface area contributed by atoms with Gasteiger partial charge in [0.1, 0.15) is 6.10 Å². The fourth-order valence-electron chi connectivity index (χ4n) is 0.541. The Balaban J connectivity index is 2.65. The minimum absolute atomic E-state index is 0.243. The van der Waals surface area contributed by atoms with Gasteiger partial charge in [-0.15, -0.1) is 0 Å². The van der Waals surface area contributed by atoms with Crippen LogP contribution in [0, 0.1) is 0 Å². The van der Waals surface area contributed by atoms with Crippen molar-refractivity contribution < 1.29 is 10.2 Å². The van der Waals surface area contributed by atoms with Crippen molar-refractivity contribution in [1.82, 2.24) is 0 Å². The summed E-state index contributed by atoms with van der Waals surface area (Å²) < 4.78 is 6.07. The molecule has 3 nitrogen and oxygen atoms in total. The van der Waals surface area contributed by atoms with Crippen molar-refractivity contribution in [3.05, 3.63) is 21.9 Å². The van der Waals surface area contributed by atoms with Crippen LogP contribution >= 0.6 is 21.0 Å². The Morgan fingerprint density at radius 2 is 2.50 bits per heavy atom. The van der Waals surface area contributed by atoms with Crippen molar-refractivity contribution in [3.8, 4) is 0 Å². The fraction of sp³-hybridized carbons (Fsp3) is 0.333. The molecule has 0 aromatic carbocycles. The smallest absolute Gasteiger partial charge is 0.119 e. The summed E-state index contributed by atoms with van der Waals surface area (Å²) >= 11 is -0.260. The quantitative estimate of drug-likeness (QED) is 0.718. The molecule has 0 aromatic heterocycles. The third-order valence-electron chi connectivity index (χ3n) is 1.06. The highest BCUT2D eigenvalue weighted by atomic mass is 127. The van der Waals surface area contributed by atoms with E-state index in [0.717, 1.165) is 0 Å². The summed E-state index contributed by atoms with van der Waals surface area (Å²) in [5, 5.41) is 17.6. The van der Waals surface area contributed by atoms with E-state index in [1.807, 2.05) is 10.2 Å². The molecule has 0 saturated heterocycles. The van der Waals surface area contributed by atoms with Crippen LogP contribution in [0.1, 0.15) is 0 Å². The molecule has 2 N–H and O–H groups in total. The minimum Gasteiger partial charge on any atom is -0.393 e. The highest BCUT2D eigenvalue weighted by Gasteiger charge is 2.07. The topological polar surface area (TPSA) is 52.8 Å². The molecule has 0 fully saturated rings. The standard InChI is InChI=1S/C6H8INO2/c9-4-6(10)5-2-1-3-7-8-5/h1-3,6,9-10H,4H2. The van der Waals surface area contributed by atoms with Crippen molar-refractivity contribution >= 4 is 21.0 Å². The lowest BCUT2D eigenvalue weighted by Crippen LogP contribution is -2.13. The van der Waals surface area contributed by atoms with E-state index in [0.29, 0.717) is 5.70 Å². The van der Waals surface area contributed by atoms with Gasteiger partial charge in [-0.1, -0.05) is 6.08 Å². The molecule has 56 valence electrons. The van der Waals surface area contributed by atoms with Gasteiger partial charge < -0.3 is 10.2 Å². The number of aliphatic hydroxyl groups excluding tert-OH is 2. The van der Waals surface area contributed by atoms with Crippen molar-refractivity contribution in [2.45, 2.75) is 6.10 Å². The van der Waals surface area contributed by atoms with E-state index in [1.165, 1.54) is 0 Å². The van der Waals surface area contributed by atoms with E-state index in [9.17, 15) is 0 Å². The van der Waals surface area contributed by atoms with E-state index in [1.54, 1.807) is 6.08 Å². The van der Waals surface area contributed by atoms with Crippen LogP contribution in [0.5, 0.6) is 0 Å². The van der Waals surface area contributed by atoms with Gasteiger partial charge in [-0.3, -0.25) is 0 Å². The molecule has 4 heteroatoms. The van der Waals surface area contributed by atoms with Crippen molar-refractivity contribution in [1.29, 1.82) is 0 Å². The molecule has 0 bridgehead atoms. The van der Waals surface area contributed by atoms with Gasteiger partial charge in [0.15, 0.2) is 0 Å². The van der Waals surface area contributed by atoms with Gasteiger partial charge in [0.05, 0.1) is 12.3 Å². The average molecular weight is 253 g/mol. The van der Waals surface area contributed by atoms with Crippen LogP contribution in [0.2, 0.25) is 0 Å². The van der Waals surface area contributed by atoms with Gasteiger partial charge in [-0.2, -0.15) is 0 Å². The number of halogens is 1. The Labute approximate surface area is 69.2 Å². The van der Waals surface area contributed by atoms with Crippen LogP contribution < -0.4 is 0 Å². The zero-order valence-corrected chi connectivity index (χ0v) is 7.39. The molecule has 1 unspecified atom stereocenters. The maximum Gasteiger partial charge on any atom is 0.119 e. The summed E-state index contributed by atoms with van der Waals surface area (Å²) in [6.07, 6.45) is 2.81. The molecular formula is C6H8INO2. The van der Waals surface area contributed by atoms with Crippen LogP contribution in [0.4, 0.5) is 0 Å². The Morgan fingerprint density at radius 3 is 3.00 bits per heavy atom. The Morgan fingerprint density at radius 1 is 1.70 bits per heavy atom. The number of nitrogens with zero attached hydrogens (tertiary/aromatic N) is 1. The first-order chi connectivity index (χ1) is 4.84. The molecule has 1 rings (SSSR count). The number of hydrogen-bond donors (Lipinski definition) is 2. The molecule has 1 atom stereocenters. The zero-order chi connectivity index (χ0) is 7.40. The predicted octanol–water partition coefficient (Wildman–Crippen LogP) is 0.905. The first-order valence-electron chi connectivity index (χ1n) is 2.84. The predicted molar refractivity (Wildman–Crippen MR) is 46.8 cm³/mol. The molecule has 1 aliphatic rings. The normalized spacial score (nSPS) is 19.6. The fourth-order valence-corrected chi connectivity index (χ4v) is 1.90. The first kappa shape index (κ1) is 8.03. The molecule has 0 spiro atoms. The monoisotopic (exact) mass is 253 g/mol. The molecule has 10 heavy (non-hydrogen) atoms.